The van der Waals surface area contributed by atoms with Gasteiger partial charge in [-0.3, -0.25) is 0 Å². The summed E-state index contributed by atoms with van der Waals surface area (Å²) in [6.45, 7) is 8.08. The number of fused-ring (bicyclic) bond motifs is 2. The molecule has 2 aliphatic carbocycles. The van der Waals surface area contributed by atoms with Crippen LogP contribution in [0.15, 0.2) is 96.1 Å². The van der Waals surface area contributed by atoms with Crippen LogP contribution in [-0.4, -0.2) is 6.66 Å². The van der Waals surface area contributed by atoms with Gasteiger partial charge in [0.15, 0.2) is 0 Å². The molecule has 0 aromatic heterocycles. The van der Waals surface area contributed by atoms with Gasteiger partial charge in [0.2, 0.25) is 0 Å². The predicted molar refractivity (Wildman–Crippen MR) is 165 cm³/mol. The third-order valence-corrected chi connectivity index (χ3v) is 23.7. The van der Waals surface area contributed by atoms with E-state index in [1.165, 1.54) is 22.3 Å². The molecule has 0 bridgehead atoms. The van der Waals surface area contributed by atoms with Crippen molar-refractivity contribution in [1.29, 1.82) is 0 Å². The standard InChI is InChI=1S/2C17H12F3.C2H7Si.2ClH.Ti/c2*1-11-9-13-3-2-4-15(16(13)10-11)12-5-7-14(8-6-12)17(18,19)20;1-3-2;;;/h2*2-10H,1H3;3H,1-2H3;2*1H;/q;;;;;+2/p-2. The van der Waals surface area contributed by atoms with Crippen molar-refractivity contribution in [3.8, 4) is 22.3 Å². The fraction of sp³-hybridized carbons (Fsp3) is 0.222. The molecule has 4 aromatic rings. The van der Waals surface area contributed by atoms with Gasteiger partial charge in [-0.25, -0.2) is 0 Å². The first-order chi connectivity index (χ1) is 20.8. The Morgan fingerprint density at radius 1 is 0.543 bits per heavy atom. The first-order valence-electron chi connectivity index (χ1n) is 14.6. The van der Waals surface area contributed by atoms with Crippen molar-refractivity contribution in [1.82, 2.24) is 0 Å². The van der Waals surface area contributed by atoms with Crippen LogP contribution in [0.4, 0.5) is 26.3 Å². The molecule has 4 aromatic carbocycles. The Kier molecular flexibility index (Phi) is 10.7. The normalized spacial score (nSPS) is 17.0. The molecule has 2 aliphatic rings. The molecular weight excluding hydrogens is 693 g/mol. The van der Waals surface area contributed by atoms with E-state index in [0.717, 1.165) is 57.6 Å². The van der Waals surface area contributed by atoms with Crippen molar-refractivity contribution in [2.24, 2.45) is 0 Å². The van der Waals surface area contributed by atoms with Crippen LogP contribution >= 0.6 is 0 Å². The Balaban J connectivity index is 0.00000240. The maximum absolute atomic E-state index is 13.2. The maximum Gasteiger partial charge on any atom is -1.00 e. The number of alkyl halides is 6. The van der Waals surface area contributed by atoms with E-state index in [1.807, 2.05) is 24.3 Å². The summed E-state index contributed by atoms with van der Waals surface area (Å²) in [7, 11) is 0. The third-order valence-electron chi connectivity index (χ3n) is 8.94. The van der Waals surface area contributed by atoms with Crippen LogP contribution in [-0.2, 0) is 29.5 Å². The third kappa shape index (κ3) is 6.59. The zero-order valence-electron chi connectivity index (χ0n) is 25.5. The summed E-state index contributed by atoms with van der Waals surface area (Å²) in [5.41, 5.74) is 9.51. The molecule has 46 heavy (non-hydrogen) atoms. The average molecular weight is 724 g/mol. The summed E-state index contributed by atoms with van der Waals surface area (Å²) < 4.78 is 80.0. The van der Waals surface area contributed by atoms with Gasteiger partial charge < -0.3 is 24.8 Å². The predicted octanol–water partition coefficient (Wildman–Crippen LogP) is 5.28. The molecule has 10 heteroatoms. The van der Waals surface area contributed by atoms with E-state index in [1.54, 1.807) is 24.3 Å². The Morgan fingerprint density at radius 2 is 0.891 bits per heavy atom. The Labute approximate surface area is 285 Å². The van der Waals surface area contributed by atoms with Crippen LogP contribution in [0.1, 0.15) is 55.7 Å². The quantitative estimate of drug-likeness (QED) is 0.194. The smallest absolute Gasteiger partial charge is 1.00 e. The molecule has 0 heterocycles. The summed E-state index contributed by atoms with van der Waals surface area (Å²) in [6, 6.07) is 23.3. The molecule has 0 aliphatic heterocycles. The van der Waals surface area contributed by atoms with E-state index in [4.69, 9.17) is 0 Å². The van der Waals surface area contributed by atoms with Gasteiger partial charge in [0.05, 0.1) is 0 Å². The summed E-state index contributed by atoms with van der Waals surface area (Å²) >= 11 is -1.97. The van der Waals surface area contributed by atoms with E-state index >= 15 is 0 Å². The van der Waals surface area contributed by atoms with Gasteiger partial charge in [0.1, 0.15) is 0 Å². The number of benzene rings is 4. The second-order valence-electron chi connectivity index (χ2n) is 12.1. The minimum Gasteiger partial charge on any atom is -1.00 e. The van der Waals surface area contributed by atoms with E-state index < -0.39 is 47.3 Å². The Morgan fingerprint density at radius 3 is 1.20 bits per heavy atom. The Hall–Kier alpha value is -2.55. The van der Waals surface area contributed by atoms with Crippen molar-refractivity contribution in [3.05, 3.63) is 129 Å². The van der Waals surface area contributed by atoms with Crippen molar-refractivity contribution < 1.29 is 68.3 Å². The van der Waals surface area contributed by atoms with Crippen molar-refractivity contribution in [2.75, 3.05) is 0 Å². The van der Waals surface area contributed by atoms with Gasteiger partial charge in [-0.05, 0) is 0 Å². The summed E-state index contributed by atoms with van der Waals surface area (Å²) in [5, 5.41) is 0. The molecule has 2 atom stereocenters. The number of allylic oxidation sites excluding steroid dienone is 2. The second kappa shape index (κ2) is 13.5. The number of rotatable bonds is 5. The van der Waals surface area contributed by atoms with Crippen LogP contribution in [0.2, 0.25) is 13.1 Å². The number of hydrogen-bond donors (Lipinski definition) is 0. The van der Waals surface area contributed by atoms with E-state index in [9.17, 15) is 26.3 Å². The number of halogens is 8. The summed E-state index contributed by atoms with van der Waals surface area (Å²) in [5.74, 6) is 0. The molecule has 6 rings (SSSR count). The molecular formula is C36H31Cl2F6SiTi. The molecule has 0 saturated carbocycles. The molecule has 0 amide bonds. The zero-order valence-corrected chi connectivity index (χ0v) is 29.7. The fourth-order valence-electron chi connectivity index (χ4n) is 7.00. The molecule has 0 spiro atoms. The van der Waals surface area contributed by atoms with Crippen LogP contribution in [0.3, 0.4) is 0 Å². The van der Waals surface area contributed by atoms with Crippen LogP contribution in [0, 0.1) is 0 Å². The molecule has 0 saturated heterocycles. The zero-order chi connectivity index (χ0) is 31.6. The van der Waals surface area contributed by atoms with Crippen molar-refractivity contribution in [2.45, 2.75) is 47.7 Å². The summed E-state index contributed by atoms with van der Waals surface area (Å²) in [4.78, 5) is 0. The van der Waals surface area contributed by atoms with E-state index in [-0.39, 0.29) is 24.8 Å². The molecule has 0 nitrogen and oxygen atoms in total. The first kappa shape index (κ1) is 36.3. The molecule has 0 N–H and O–H groups in total. The molecule has 0 radical (unpaired) electrons. The monoisotopic (exact) mass is 723 g/mol. The maximum atomic E-state index is 13.2. The second-order valence-corrected chi connectivity index (χ2v) is 25.9. The van der Waals surface area contributed by atoms with E-state index in [2.05, 4.69) is 51.2 Å². The average Bonchev–Trinajstić information content (AvgIpc) is 3.48. The largest absolute Gasteiger partial charge is 1.00 e. The van der Waals surface area contributed by atoms with Gasteiger partial charge in [0.25, 0.3) is 0 Å². The molecule has 2 unspecified atom stereocenters. The summed E-state index contributed by atoms with van der Waals surface area (Å²) in [6.07, 6.45) is -4.28. The van der Waals surface area contributed by atoms with Crippen LogP contribution in [0.25, 0.3) is 34.4 Å². The molecule has 239 valence electrons. The fourth-order valence-corrected chi connectivity index (χ4v) is 22.6. The topological polar surface area (TPSA) is 0 Å². The minimum atomic E-state index is -4.38. The first-order valence-corrected chi connectivity index (χ1v) is 22.0. The van der Waals surface area contributed by atoms with Gasteiger partial charge in [-0.15, -0.1) is 0 Å². The number of hydrogen-bond acceptors (Lipinski definition) is 0. The van der Waals surface area contributed by atoms with Crippen LogP contribution in [0.5, 0.6) is 0 Å². The van der Waals surface area contributed by atoms with Gasteiger partial charge in [-0.2, -0.15) is 0 Å². The van der Waals surface area contributed by atoms with Gasteiger partial charge in [-0.1, -0.05) is 0 Å². The minimum absolute atomic E-state index is 0. The van der Waals surface area contributed by atoms with Gasteiger partial charge >= 0.3 is 262 Å². The molecule has 0 fully saturated rings. The Bertz CT molecular complexity index is 1660. The van der Waals surface area contributed by atoms with Crippen molar-refractivity contribution >= 4 is 18.8 Å². The van der Waals surface area contributed by atoms with Crippen molar-refractivity contribution in [3.63, 3.8) is 0 Å². The SMILES string of the molecule is CC1=Cc2c(-c3ccc(C(F)(F)F)cc3)cccc2[CH]1[Ti+2]([CH]1C(C)=Cc2c(-c3ccc(C(F)(F)F)cc3)cccc21)[SiH](C)C.[Cl-].[Cl-]. The van der Waals surface area contributed by atoms with Gasteiger partial charge in [0, 0.05) is 0 Å². The van der Waals surface area contributed by atoms with E-state index in [0.29, 0.717) is 8.45 Å². The van der Waals surface area contributed by atoms with Crippen LogP contribution < -0.4 is 24.8 Å².